The Labute approximate surface area is 142 Å². The lowest BCUT2D eigenvalue weighted by molar-refractivity contribution is 0.190. The molecule has 2 N–H and O–H groups in total. The van der Waals surface area contributed by atoms with E-state index in [0.29, 0.717) is 12.5 Å². The molecule has 2 aromatic heterocycles. The molecule has 130 valence electrons. The zero-order chi connectivity index (χ0) is 17.1. The molecular weight excluding hydrogens is 304 g/mol. The minimum Gasteiger partial charge on any atom is -0.338 e. The van der Waals surface area contributed by atoms with Crippen LogP contribution in [0.25, 0.3) is 0 Å². The second kappa shape index (κ2) is 7.07. The van der Waals surface area contributed by atoms with E-state index in [-0.39, 0.29) is 12.1 Å². The first-order valence-electron chi connectivity index (χ1n) is 8.59. The Hall–Kier alpha value is -2.31. The fourth-order valence-electron chi connectivity index (χ4n) is 3.52. The Morgan fingerprint density at radius 2 is 2.33 bits per heavy atom. The lowest BCUT2D eigenvalue weighted by Gasteiger charge is -2.26. The van der Waals surface area contributed by atoms with Crippen LogP contribution in [0.15, 0.2) is 18.5 Å². The normalized spacial score (nSPS) is 18.8. The van der Waals surface area contributed by atoms with E-state index < -0.39 is 0 Å². The topological polar surface area (TPSA) is 78.8 Å². The van der Waals surface area contributed by atoms with Crippen LogP contribution >= 0.6 is 0 Å². The number of hydrogen-bond acceptors (Lipinski definition) is 3. The molecule has 2 amide bonds. The van der Waals surface area contributed by atoms with Crippen molar-refractivity contribution in [3.8, 4) is 0 Å². The Kier molecular flexibility index (Phi) is 4.87. The Balaban J connectivity index is 1.58. The molecule has 24 heavy (non-hydrogen) atoms. The standard InChI is InChI=1S/C17H26N6O/c1-12(11-22-8-5-7-19-22)10-18-17(24)23-9-4-6-15(23)16-13(2)20-21-14(16)3/h5,7-8,12,15H,4,6,9-11H2,1-3H3,(H,18,24)(H,20,21)/t12-,15+/m0/s1. The molecule has 0 radical (unpaired) electrons. The van der Waals surface area contributed by atoms with Crippen molar-refractivity contribution in [1.82, 2.24) is 30.2 Å². The van der Waals surface area contributed by atoms with E-state index in [1.807, 2.05) is 35.7 Å². The van der Waals surface area contributed by atoms with Crippen molar-refractivity contribution < 1.29 is 4.79 Å². The van der Waals surface area contributed by atoms with E-state index in [9.17, 15) is 4.79 Å². The average Bonchev–Trinajstić information content (AvgIpc) is 3.27. The van der Waals surface area contributed by atoms with E-state index in [4.69, 9.17) is 0 Å². The maximum absolute atomic E-state index is 12.6. The highest BCUT2D eigenvalue weighted by Crippen LogP contribution is 2.34. The predicted octanol–water partition coefficient (Wildman–Crippen LogP) is 2.41. The summed E-state index contributed by atoms with van der Waals surface area (Å²) < 4.78 is 1.90. The Morgan fingerprint density at radius 3 is 3.00 bits per heavy atom. The van der Waals surface area contributed by atoms with Gasteiger partial charge in [0.2, 0.25) is 0 Å². The van der Waals surface area contributed by atoms with Gasteiger partial charge < -0.3 is 10.2 Å². The number of aromatic amines is 1. The first kappa shape index (κ1) is 16.5. The van der Waals surface area contributed by atoms with E-state index in [1.54, 1.807) is 6.20 Å². The van der Waals surface area contributed by atoms with Gasteiger partial charge in [0.15, 0.2) is 0 Å². The van der Waals surface area contributed by atoms with Gasteiger partial charge in [-0.2, -0.15) is 10.2 Å². The lowest BCUT2D eigenvalue weighted by atomic mass is 10.0. The third-order valence-corrected chi connectivity index (χ3v) is 4.69. The van der Waals surface area contributed by atoms with Crippen molar-refractivity contribution in [3.63, 3.8) is 0 Å². The van der Waals surface area contributed by atoms with Crippen molar-refractivity contribution in [3.05, 3.63) is 35.4 Å². The second-order valence-electron chi connectivity index (χ2n) is 6.72. The number of nitrogens with zero attached hydrogens (tertiary/aromatic N) is 4. The minimum absolute atomic E-state index is 0.0183. The molecule has 0 saturated carbocycles. The molecule has 0 aromatic carbocycles. The third-order valence-electron chi connectivity index (χ3n) is 4.69. The first-order valence-corrected chi connectivity index (χ1v) is 8.59. The summed E-state index contributed by atoms with van der Waals surface area (Å²) in [5.74, 6) is 0.326. The lowest BCUT2D eigenvalue weighted by Crippen LogP contribution is -2.41. The van der Waals surface area contributed by atoms with Gasteiger partial charge in [-0.15, -0.1) is 0 Å². The van der Waals surface area contributed by atoms with Crippen LogP contribution < -0.4 is 5.32 Å². The van der Waals surface area contributed by atoms with Crippen LogP contribution in [-0.4, -0.2) is 44.0 Å². The van der Waals surface area contributed by atoms with Crippen molar-refractivity contribution in [2.24, 2.45) is 5.92 Å². The van der Waals surface area contributed by atoms with Crippen LogP contribution in [0.5, 0.6) is 0 Å². The van der Waals surface area contributed by atoms with Gasteiger partial charge in [0, 0.05) is 43.3 Å². The molecule has 1 fully saturated rings. The highest BCUT2D eigenvalue weighted by Gasteiger charge is 2.32. The molecule has 1 aliphatic rings. The van der Waals surface area contributed by atoms with Gasteiger partial charge in [0.1, 0.15) is 0 Å². The maximum atomic E-state index is 12.6. The summed E-state index contributed by atoms with van der Waals surface area (Å²) in [5.41, 5.74) is 3.22. The molecule has 0 aliphatic carbocycles. The predicted molar refractivity (Wildman–Crippen MR) is 91.5 cm³/mol. The number of aromatic nitrogens is 4. The van der Waals surface area contributed by atoms with Crippen molar-refractivity contribution in [1.29, 1.82) is 0 Å². The molecule has 2 atom stereocenters. The molecule has 3 heterocycles. The molecule has 2 aromatic rings. The zero-order valence-electron chi connectivity index (χ0n) is 14.6. The van der Waals surface area contributed by atoms with Gasteiger partial charge >= 0.3 is 6.03 Å². The van der Waals surface area contributed by atoms with Crippen LogP contribution in [0.1, 0.15) is 42.8 Å². The van der Waals surface area contributed by atoms with Gasteiger partial charge in [-0.3, -0.25) is 9.78 Å². The molecule has 1 saturated heterocycles. The Morgan fingerprint density at radius 1 is 1.50 bits per heavy atom. The smallest absolute Gasteiger partial charge is 0.317 e. The highest BCUT2D eigenvalue weighted by atomic mass is 16.2. The van der Waals surface area contributed by atoms with E-state index >= 15 is 0 Å². The Bertz CT molecular complexity index is 658. The number of rotatable bonds is 5. The number of urea groups is 1. The van der Waals surface area contributed by atoms with Crippen molar-refractivity contribution in [2.45, 2.75) is 46.2 Å². The summed E-state index contributed by atoms with van der Waals surface area (Å²) in [7, 11) is 0. The summed E-state index contributed by atoms with van der Waals surface area (Å²) >= 11 is 0. The number of nitrogens with one attached hydrogen (secondary N) is 2. The number of H-pyrrole nitrogens is 1. The van der Waals surface area contributed by atoms with Crippen LogP contribution in [-0.2, 0) is 6.54 Å². The maximum Gasteiger partial charge on any atom is 0.317 e. The summed E-state index contributed by atoms with van der Waals surface area (Å²) in [6.07, 6.45) is 5.75. The zero-order valence-corrected chi connectivity index (χ0v) is 14.6. The monoisotopic (exact) mass is 330 g/mol. The molecule has 0 spiro atoms. The van der Waals surface area contributed by atoms with E-state index in [1.165, 1.54) is 5.56 Å². The minimum atomic E-state index is 0.0183. The van der Waals surface area contributed by atoms with Crippen molar-refractivity contribution >= 4 is 6.03 Å². The van der Waals surface area contributed by atoms with Crippen LogP contribution in [0.3, 0.4) is 0 Å². The molecule has 0 unspecified atom stereocenters. The van der Waals surface area contributed by atoms with Crippen LogP contribution in [0.4, 0.5) is 4.79 Å². The number of carbonyl (C=O) groups excluding carboxylic acids is 1. The van der Waals surface area contributed by atoms with E-state index in [2.05, 4.69) is 27.5 Å². The number of aryl methyl sites for hydroxylation is 2. The van der Waals surface area contributed by atoms with Crippen molar-refractivity contribution in [2.75, 3.05) is 13.1 Å². The summed E-state index contributed by atoms with van der Waals surface area (Å²) in [6, 6.07) is 2.06. The number of likely N-dealkylation sites (tertiary alicyclic amines) is 1. The van der Waals surface area contributed by atoms with Gasteiger partial charge in [0.25, 0.3) is 0 Å². The average molecular weight is 330 g/mol. The summed E-state index contributed by atoms with van der Waals surface area (Å²) in [6.45, 7) is 8.39. The third kappa shape index (κ3) is 3.44. The number of carbonyl (C=O) groups is 1. The van der Waals surface area contributed by atoms with Gasteiger partial charge in [-0.05, 0) is 38.7 Å². The van der Waals surface area contributed by atoms with Gasteiger partial charge in [-0.25, -0.2) is 4.79 Å². The van der Waals surface area contributed by atoms with Crippen LogP contribution in [0.2, 0.25) is 0 Å². The molecule has 3 rings (SSSR count). The molecule has 0 bridgehead atoms. The first-order chi connectivity index (χ1) is 11.6. The van der Waals surface area contributed by atoms with E-state index in [0.717, 1.165) is 37.3 Å². The highest BCUT2D eigenvalue weighted by molar-refractivity contribution is 5.75. The second-order valence-corrected chi connectivity index (χ2v) is 6.72. The number of amides is 2. The summed E-state index contributed by atoms with van der Waals surface area (Å²) in [5, 5.41) is 14.6. The van der Waals surface area contributed by atoms with Gasteiger partial charge in [0.05, 0.1) is 11.7 Å². The SMILES string of the molecule is Cc1n[nH]c(C)c1[C@H]1CCCN1C(=O)NC[C@H](C)Cn1cccn1. The fourth-order valence-corrected chi connectivity index (χ4v) is 3.52. The molecular formula is C17H26N6O. The molecule has 7 heteroatoms. The quantitative estimate of drug-likeness (QED) is 0.883. The van der Waals surface area contributed by atoms with Gasteiger partial charge in [-0.1, -0.05) is 6.92 Å². The fraction of sp³-hybridized carbons (Fsp3) is 0.588. The van der Waals surface area contributed by atoms with Crippen LogP contribution in [0, 0.1) is 19.8 Å². The molecule has 1 aliphatic heterocycles. The largest absolute Gasteiger partial charge is 0.338 e. The summed E-state index contributed by atoms with van der Waals surface area (Å²) in [4.78, 5) is 14.6. The number of hydrogen-bond donors (Lipinski definition) is 2. The molecule has 7 nitrogen and oxygen atoms in total.